The lowest BCUT2D eigenvalue weighted by Gasteiger charge is -2.16. The van der Waals surface area contributed by atoms with E-state index in [1.165, 1.54) is 17.0 Å². The first kappa shape index (κ1) is 21.3. The number of carbonyl (C=O) groups is 1. The Morgan fingerprint density at radius 1 is 1.17 bits per heavy atom. The summed E-state index contributed by atoms with van der Waals surface area (Å²) in [5.41, 5.74) is 2.42. The highest BCUT2D eigenvalue weighted by molar-refractivity contribution is 5.95. The standard InChI is InChI=1S/C25H20F2N6O2/c26-18-6-5-13(8-20-15-3-1-2-4-16(15)23(34)32-31-20)7-17(18)24(35)33-11-14-10-28-25(30-22(14)12-33)29-21-9-19(21)27/h1-7,10,19,21H,8-9,11-12H2,(H,32,34)(H,28,29,30)/t19-,21+/m0/s1. The lowest BCUT2D eigenvalue weighted by Crippen LogP contribution is -2.26. The Hall–Kier alpha value is -4.21. The summed E-state index contributed by atoms with van der Waals surface area (Å²) in [6.07, 6.45) is 1.48. The number of hydrogen-bond donors (Lipinski definition) is 2. The average Bonchev–Trinajstić information content (AvgIpc) is 3.38. The molecule has 2 aromatic heterocycles. The van der Waals surface area contributed by atoms with Gasteiger partial charge in [0.25, 0.3) is 11.5 Å². The molecule has 4 aromatic rings. The molecule has 176 valence electrons. The molecule has 0 saturated heterocycles. The van der Waals surface area contributed by atoms with Gasteiger partial charge in [-0.05, 0) is 23.8 Å². The van der Waals surface area contributed by atoms with Crippen molar-refractivity contribution in [2.45, 2.75) is 38.1 Å². The number of fused-ring (bicyclic) bond motifs is 2. The molecule has 1 aliphatic heterocycles. The summed E-state index contributed by atoms with van der Waals surface area (Å²) >= 11 is 0. The Morgan fingerprint density at radius 3 is 2.77 bits per heavy atom. The zero-order chi connectivity index (χ0) is 24.1. The number of aromatic amines is 1. The van der Waals surface area contributed by atoms with Gasteiger partial charge in [0.05, 0.1) is 34.9 Å². The van der Waals surface area contributed by atoms with E-state index in [4.69, 9.17) is 0 Å². The second-order valence-corrected chi connectivity index (χ2v) is 8.87. The molecule has 1 saturated carbocycles. The van der Waals surface area contributed by atoms with E-state index in [-0.39, 0.29) is 30.3 Å². The molecule has 2 aliphatic rings. The topological polar surface area (TPSA) is 104 Å². The Bertz CT molecular complexity index is 1540. The van der Waals surface area contributed by atoms with Crippen molar-refractivity contribution in [1.29, 1.82) is 0 Å². The van der Waals surface area contributed by atoms with Gasteiger partial charge in [0.15, 0.2) is 0 Å². The minimum absolute atomic E-state index is 0.0476. The number of alkyl halides is 1. The summed E-state index contributed by atoms with van der Waals surface area (Å²) < 4.78 is 27.9. The minimum atomic E-state index is -0.885. The van der Waals surface area contributed by atoms with E-state index in [9.17, 15) is 18.4 Å². The van der Waals surface area contributed by atoms with Crippen molar-refractivity contribution >= 4 is 22.6 Å². The van der Waals surface area contributed by atoms with Crippen molar-refractivity contribution in [3.63, 3.8) is 0 Å². The zero-order valence-electron chi connectivity index (χ0n) is 18.5. The van der Waals surface area contributed by atoms with Crippen LogP contribution in [0, 0.1) is 5.82 Å². The molecule has 0 spiro atoms. The molecule has 0 bridgehead atoms. The van der Waals surface area contributed by atoms with E-state index in [1.54, 1.807) is 24.4 Å². The Labute approximate surface area is 198 Å². The third kappa shape index (κ3) is 4.01. The van der Waals surface area contributed by atoms with Crippen LogP contribution in [0.1, 0.15) is 39.3 Å². The summed E-state index contributed by atoms with van der Waals surface area (Å²) in [4.78, 5) is 35.4. The molecular formula is C25H20F2N6O2. The number of amides is 1. The predicted molar refractivity (Wildman–Crippen MR) is 124 cm³/mol. The fraction of sp³-hybridized carbons (Fsp3) is 0.240. The molecule has 0 unspecified atom stereocenters. The van der Waals surface area contributed by atoms with Gasteiger partial charge in [-0.25, -0.2) is 23.8 Å². The summed E-state index contributed by atoms with van der Waals surface area (Å²) in [5.74, 6) is -0.746. The van der Waals surface area contributed by atoms with Crippen LogP contribution in [-0.4, -0.2) is 43.2 Å². The maximum absolute atomic E-state index is 14.7. The smallest absolute Gasteiger partial charge is 0.272 e. The number of nitrogens with one attached hydrogen (secondary N) is 2. The number of halogens is 2. The Kier molecular flexibility index (Phi) is 5.01. The monoisotopic (exact) mass is 474 g/mol. The minimum Gasteiger partial charge on any atom is -0.348 e. The van der Waals surface area contributed by atoms with Crippen molar-refractivity contribution in [3.8, 4) is 0 Å². The lowest BCUT2D eigenvalue weighted by atomic mass is 10.0. The van der Waals surface area contributed by atoms with E-state index in [2.05, 4.69) is 25.5 Å². The van der Waals surface area contributed by atoms with Crippen LogP contribution in [0.25, 0.3) is 10.8 Å². The van der Waals surface area contributed by atoms with Crippen LogP contribution in [0.5, 0.6) is 0 Å². The van der Waals surface area contributed by atoms with Crippen LogP contribution in [0.15, 0.2) is 53.5 Å². The highest BCUT2D eigenvalue weighted by atomic mass is 19.1. The number of hydrogen-bond acceptors (Lipinski definition) is 6. The van der Waals surface area contributed by atoms with Crippen molar-refractivity contribution < 1.29 is 13.6 Å². The molecule has 6 rings (SSSR count). The number of benzene rings is 2. The van der Waals surface area contributed by atoms with E-state index in [1.807, 2.05) is 12.1 Å². The second kappa shape index (κ2) is 8.23. The number of nitrogens with zero attached hydrogens (tertiary/aromatic N) is 4. The van der Waals surface area contributed by atoms with Gasteiger partial charge < -0.3 is 10.2 Å². The van der Waals surface area contributed by atoms with Crippen LogP contribution >= 0.6 is 0 Å². The van der Waals surface area contributed by atoms with E-state index < -0.39 is 17.9 Å². The van der Waals surface area contributed by atoms with Gasteiger partial charge in [-0.1, -0.05) is 24.3 Å². The van der Waals surface area contributed by atoms with Crippen molar-refractivity contribution in [2.75, 3.05) is 5.32 Å². The summed E-state index contributed by atoms with van der Waals surface area (Å²) in [6, 6.07) is 11.3. The van der Waals surface area contributed by atoms with E-state index in [0.717, 1.165) is 5.56 Å². The number of H-pyrrole nitrogens is 1. The fourth-order valence-electron chi connectivity index (χ4n) is 4.36. The van der Waals surface area contributed by atoms with Crippen LogP contribution in [0.3, 0.4) is 0 Å². The number of rotatable bonds is 5. The van der Waals surface area contributed by atoms with Gasteiger partial charge in [0.2, 0.25) is 5.95 Å². The molecule has 1 fully saturated rings. The van der Waals surface area contributed by atoms with Crippen LogP contribution in [0.2, 0.25) is 0 Å². The fourth-order valence-corrected chi connectivity index (χ4v) is 4.36. The first-order valence-electron chi connectivity index (χ1n) is 11.3. The Balaban J connectivity index is 1.23. The van der Waals surface area contributed by atoms with Gasteiger partial charge >= 0.3 is 0 Å². The first-order valence-corrected chi connectivity index (χ1v) is 11.3. The zero-order valence-corrected chi connectivity index (χ0v) is 18.5. The van der Waals surface area contributed by atoms with Crippen molar-refractivity contribution in [2.24, 2.45) is 0 Å². The lowest BCUT2D eigenvalue weighted by molar-refractivity contribution is 0.0745. The van der Waals surface area contributed by atoms with Gasteiger partial charge in [-0.3, -0.25) is 9.59 Å². The van der Waals surface area contributed by atoms with Crippen LogP contribution in [0.4, 0.5) is 14.7 Å². The molecule has 2 N–H and O–H groups in total. The Morgan fingerprint density at radius 2 is 1.97 bits per heavy atom. The summed E-state index contributed by atoms with van der Waals surface area (Å²) in [6.45, 7) is 0.476. The van der Waals surface area contributed by atoms with Gasteiger partial charge in [-0.15, -0.1) is 0 Å². The molecule has 35 heavy (non-hydrogen) atoms. The third-order valence-corrected chi connectivity index (χ3v) is 6.38. The van der Waals surface area contributed by atoms with Gasteiger partial charge in [-0.2, -0.15) is 5.10 Å². The summed E-state index contributed by atoms with van der Waals surface area (Å²) in [7, 11) is 0. The van der Waals surface area contributed by atoms with Crippen LogP contribution < -0.4 is 10.9 Å². The molecule has 1 aliphatic carbocycles. The molecule has 0 radical (unpaired) electrons. The van der Waals surface area contributed by atoms with E-state index in [0.29, 0.717) is 46.5 Å². The third-order valence-electron chi connectivity index (χ3n) is 6.38. The molecule has 2 aromatic carbocycles. The number of carbonyl (C=O) groups excluding carboxylic acids is 1. The molecule has 3 heterocycles. The highest BCUT2D eigenvalue weighted by Gasteiger charge is 2.38. The van der Waals surface area contributed by atoms with Crippen LogP contribution in [-0.2, 0) is 19.5 Å². The first-order chi connectivity index (χ1) is 17.0. The largest absolute Gasteiger partial charge is 0.348 e. The second-order valence-electron chi connectivity index (χ2n) is 8.87. The van der Waals surface area contributed by atoms with Gasteiger partial charge in [0, 0.05) is 36.5 Å². The van der Waals surface area contributed by atoms with Crippen molar-refractivity contribution in [1.82, 2.24) is 25.1 Å². The van der Waals surface area contributed by atoms with E-state index >= 15 is 0 Å². The average molecular weight is 474 g/mol. The maximum atomic E-state index is 14.7. The predicted octanol–water partition coefficient (Wildman–Crippen LogP) is 3.12. The molecule has 2 atom stereocenters. The molecular weight excluding hydrogens is 454 g/mol. The van der Waals surface area contributed by atoms with Gasteiger partial charge in [0.1, 0.15) is 12.0 Å². The molecule has 8 nitrogen and oxygen atoms in total. The number of aromatic nitrogens is 4. The normalized spacial score (nSPS) is 18.5. The highest BCUT2D eigenvalue weighted by Crippen LogP contribution is 2.29. The maximum Gasteiger partial charge on any atom is 0.272 e. The molecule has 1 amide bonds. The quantitative estimate of drug-likeness (QED) is 0.461. The SMILES string of the molecule is O=C(c1cc(Cc2n[nH]c(=O)c3ccccc23)ccc1F)N1Cc2cnc(N[C@@H]3C[C@@H]3F)nc2C1. The molecule has 10 heteroatoms. The summed E-state index contributed by atoms with van der Waals surface area (Å²) in [5, 5.41) is 10.8. The van der Waals surface area contributed by atoms with Crippen molar-refractivity contribution in [3.05, 3.63) is 92.9 Å². The number of anilines is 1.